The van der Waals surface area contributed by atoms with Crippen LogP contribution in [0.1, 0.15) is 28.9 Å². The van der Waals surface area contributed by atoms with E-state index in [0.717, 1.165) is 12.8 Å². The topological polar surface area (TPSA) is 122 Å². The Morgan fingerprint density at radius 2 is 1.76 bits per heavy atom. The predicted octanol–water partition coefficient (Wildman–Crippen LogP) is 4.51. The van der Waals surface area contributed by atoms with Crippen molar-refractivity contribution in [3.05, 3.63) is 88.5 Å². The molecule has 0 aliphatic carbocycles. The van der Waals surface area contributed by atoms with Gasteiger partial charge in [-0.25, -0.2) is 24.0 Å². The number of fused-ring (bicyclic) bond motifs is 2. The summed E-state index contributed by atoms with van der Waals surface area (Å²) >= 11 is 0. The van der Waals surface area contributed by atoms with Crippen molar-refractivity contribution in [2.45, 2.75) is 25.8 Å². The zero-order valence-electron chi connectivity index (χ0n) is 22.3. The van der Waals surface area contributed by atoms with Crippen LogP contribution in [0.2, 0.25) is 0 Å². The van der Waals surface area contributed by atoms with Gasteiger partial charge in [0, 0.05) is 12.6 Å². The summed E-state index contributed by atoms with van der Waals surface area (Å²) in [4.78, 5) is 39.6. The van der Waals surface area contributed by atoms with Gasteiger partial charge < -0.3 is 19.5 Å². The lowest BCUT2D eigenvalue weighted by Gasteiger charge is -2.19. The zero-order valence-corrected chi connectivity index (χ0v) is 22.3. The highest BCUT2D eigenvalue weighted by molar-refractivity contribution is 6.04. The number of rotatable bonds is 7. The van der Waals surface area contributed by atoms with E-state index in [9.17, 15) is 14.0 Å². The molecule has 11 nitrogen and oxygen atoms in total. The second-order valence-electron chi connectivity index (χ2n) is 9.33. The van der Waals surface area contributed by atoms with Crippen LogP contribution in [-0.2, 0) is 13.0 Å². The van der Waals surface area contributed by atoms with Crippen LogP contribution in [0.5, 0.6) is 23.1 Å². The van der Waals surface area contributed by atoms with E-state index >= 15 is 0 Å². The van der Waals surface area contributed by atoms with Crippen LogP contribution in [0.25, 0.3) is 16.6 Å². The molecule has 0 atom stereocenters. The van der Waals surface area contributed by atoms with E-state index in [0.29, 0.717) is 52.5 Å². The minimum Gasteiger partial charge on any atom is -0.493 e. The molecule has 41 heavy (non-hydrogen) atoms. The maximum atomic E-state index is 13.5. The van der Waals surface area contributed by atoms with Crippen LogP contribution < -0.4 is 25.1 Å². The number of carbonyl (C=O) groups is 1. The standard InChI is InChI=1S/C29H25FN6O5/c1-39-23-13-20-21(14-24(23)40-2)32-16-33-28(20)41-19-10-11-25(31-15-19)34-27(37)26-22-5-3-4-12-35(22)36(29(26)38)18-8-6-17(30)7-9-18/h6-11,13-16H,3-5,12H2,1-2H3,(H,31,34,37). The Hall–Kier alpha value is -5.26. The Morgan fingerprint density at radius 1 is 0.976 bits per heavy atom. The van der Waals surface area contributed by atoms with E-state index in [1.54, 1.807) is 36.1 Å². The third-order valence-corrected chi connectivity index (χ3v) is 6.88. The summed E-state index contributed by atoms with van der Waals surface area (Å²) in [5.74, 6) is 0.961. The molecule has 4 heterocycles. The number of benzene rings is 2. The van der Waals surface area contributed by atoms with Gasteiger partial charge in [0.25, 0.3) is 11.5 Å². The minimum absolute atomic E-state index is 0.0491. The molecule has 0 bridgehead atoms. The first kappa shape index (κ1) is 26.0. The highest BCUT2D eigenvalue weighted by atomic mass is 19.1. The Bertz CT molecular complexity index is 1820. The SMILES string of the molecule is COc1cc2ncnc(Oc3ccc(NC(=O)c4c5n(n(-c6ccc(F)cc6)c4=O)CCCC5)nc3)c2cc1OC. The van der Waals surface area contributed by atoms with Crippen LogP contribution in [0, 0.1) is 5.82 Å². The number of nitrogens with zero attached hydrogens (tertiary/aromatic N) is 5. The molecule has 208 valence electrons. The number of hydrogen-bond acceptors (Lipinski definition) is 8. The van der Waals surface area contributed by atoms with E-state index in [1.807, 2.05) is 0 Å². The van der Waals surface area contributed by atoms with Crippen LogP contribution >= 0.6 is 0 Å². The average molecular weight is 557 g/mol. The summed E-state index contributed by atoms with van der Waals surface area (Å²) in [5, 5.41) is 3.33. The van der Waals surface area contributed by atoms with Crippen LogP contribution in [0.15, 0.2) is 65.8 Å². The van der Waals surface area contributed by atoms with E-state index in [-0.39, 0.29) is 17.3 Å². The fourth-order valence-electron chi connectivity index (χ4n) is 4.94. The van der Waals surface area contributed by atoms with Crippen molar-refractivity contribution in [1.82, 2.24) is 24.3 Å². The van der Waals surface area contributed by atoms with Crippen molar-refractivity contribution in [3.8, 4) is 28.8 Å². The Labute approximate surface area is 233 Å². The lowest BCUT2D eigenvalue weighted by molar-refractivity contribution is 0.102. The highest BCUT2D eigenvalue weighted by Gasteiger charge is 2.28. The van der Waals surface area contributed by atoms with Crippen molar-refractivity contribution in [2.24, 2.45) is 0 Å². The molecule has 1 aliphatic heterocycles. The lowest BCUT2D eigenvalue weighted by atomic mass is 10.1. The second kappa shape index (κ2) is 10.7. The molecule has 2 aromatic carbocycles. The van der Waals surface area contributed by atoms with Crippen molar-refractivity contribution >= 4 is 22.6 Å². The van der Waals surface area contributed by atoms with E-state index in [1.165, 1.54) is 48.6 Å². The normalized spacial score (nSPS) is 12.6. The smallest absolute Gasteiger partial charge is 0.284 e. The first-order valence-corrected chi connectivity index (χ1v) is 12.9. The number of hydrogen-bond donors (Lipinski definition) is 1. The number of pyridine rings is 1. The van der Waals surface area contributed by atoms with Crippen molar-refractivity contribution in [1.29, 1.82) is 0 Å². The number of amides is 1. The van der Waals surface area contributed by atoms with E-state index in [2.05, 4.69) is 20.3 Å². The van der Waals surface area contributed by atoms with Crippen molar-refractivity contribution in [3.63, 3.8) is 0 Å². The van der Waals surface area contributed by atoms with Gasteiger partial charge in [0.2, 0.25) is 5.88 Å². The van der Waals surface area contributed by atoms with Crippen LogP contribution in [0.4, 0.5) is 10.2 Å². The molecule has 0 fully saturated rings. The van der Waals surface area contributed by atoms with Crippen molar-refractivity contribution < 1.29 is 23.4 Å². The monoisotopic (exact) mass is 556 g/mol. The number of anilines is 1. The molecular formula is C29H25FN6O5. The third-order valence-electron chi connectivity index (χ3n) is 6.88. The average Bonchev–Trinajstić information content (AvgIpc) is 3.29. The Morgan fingerprint density at radius 3 is 2.49 bits per heavy atom. The Kier molecular flexibility index (Phi) is 6.79. The number of carbonyl (C=O) groups excluding carboxylic acids is 1. The first-order valence-electron chi connectivity index (χ1n) is 12.9. The van der Waals surface area contributed by atoms with Gasteiger partial charge in [-0.3, -0.25) is 14.3 Å². The summed E-state index contributed by atoms with van der Waals surface area (Å²) in [6.45, 7) is 0.579. The third kappa shape index (κ3) is 4.84. The van der Waals surface area contributed by atoms with E-state index in [4.69, 9.17) is 14.2 Å². The van der Waals surface area contributed by atoms with Gasteiger partial charge >= 0.3 is 0 Å². The minimum atomic E-state index is -0.564. The molecule has 1 N–H and O–H groups in total. The molecule has 1 amide bonds. The van der Waals surface area contributed by atoms with Gasteiger partial charge in [-0.2, -0.15) is 0 Å². The van der Waals surface area contributed by atoms with Gasteiger partial charge in [-0.15, -0.1) is 0 Å². The molecule has 0 radical (unpaired) electrons. The Balaban J connectivity index is 1.25. The largest absolute Gasteiger partial charge is 0.493 e. The number of methoxy groups -OCH3 is 2. The number of halogens is 1. The molecule has 1 aliphatic rings. The maximum Gasteiger partial charge on any atom is 0.284 e. The van der Waals surface area contributed by atoms with E-state index < -0.39 is 17.3 Å². The molecule has 0 spiro atoms. The van der Waals surface area contributed by atoms with Crippen LogP contribution in [0.3, 0.4) is 0 Å². The molecule has 12 heteroatoms. The lowest BCUT2D eigenvalue weighted by Crippen LogP contribution is -2.26. The fraction of sp³-hybridized carbons (Fsp3) is 0.207. The van der Waals surface area contributed by atoms with Crippen LogP contribution in [-0.4, -0.2) is 44.4 Å². The second-order valence-corrected chi connectivity index (χ2v) is 9.33. The number of nitrogens with one attached hydrogen (secondary N) is 1. The van der Waals surface area contributed by atoms with Gasteiger partial charge in [0.05, 0.1) is 42.7 Å². The predicted molar refractivity (Wildman–Crippen MR) is 148 cm³/mol. The molecule has 5 aromatic rings. The van der Waals surface area contributed by atoms with Gasteiger partial charge in [-0.1, -0.05) is 0 Å². The van der Waals surface area contributed by atoms with Crippen molar-refractivity contribution in [2.75, 3.05) is 19.5 Å². The molecule has 0 saturated heterocycles. The zero-order chi connectivity index (χ0) is 28.5. The molecule has 3 aromatic heterocycles. The quantitative estimate of drug-likeness (QED) is 0.311. The number of aromatic nitrogens is 5. The summed E-state index contributed by atoms with van der Waals surface area (Å²) in [5.41, 5.74) is 1.32. The molecule has 6 rings (SSSR count). The summed E-state index contributed by atoms with van der Waals surface area (Å²) < 4.78 is 33.4. The van der Waals surface area contributed by atoms with Gasteiger partial charge in [0.1, 0.15) is 29.3 Å². The summed E-state index contributed by atoms with van der Waals surface area (Å²) in [6, 6.07) is 12.3. The first-order chi connectivity index (χ1) is 20.0. The molecule has 0 unspecified atom stereocenters. The highest BCUT2D eigenvalue weighted by Crippen LogP contribution is 2.35. The number of ether oxygens (including phenoxy) is 3. The maximum absolute atomic E-state index is 13.5. The van der Waals surface area contributed by atoms with Gasteiger partial charge in [0.15, 0.2) is 11.5 Å². The van der Waals surface area contributed by atoms with Gasteiger partial charge in [-0.05, 0) is 61.7 Å². The molecular weight excluding hydrogens is 531 g/mol. The fourth-order valence-corrected chi connectivity index (χ4v) is 4.94. The summed E-state index contributed by atoms with van der Waals surface area (Å²) in [7, 11) is 3.08. The molecule has 0 saturated carbocycles. The summed E-state index contributed by atoms with van der Waals surface area (Å²) in [6.07, 6.45) is 5.12.